The first-order chi connectivity index (χ1) is 8.59. The van der Waals surface area contributed by atoms with E-state index >= 15 is 0 Å². The topological polar surface area (TPSA) is 80.0 Å². The smallest absolute Gasteiger partial charge is 0.340 e. The highest BCUT2D eigenvalue weighted by Gasteiger charge is 2.15. The minimum atomic E-state index is -1.31. The molecule has 0 atom stereocenters. The number of hydrogen-bond donors (Lipinski definition) is 2. The number of aryl methyl sites for hydroxylation is 1. The lowest BCUT2D eigenvalue weighted by Crippen LogP contribution is -2.10. The number of halogens is 1. The average Bonchev–Trinajstić information content (AvgIpc) is 2.71. The van der Waals surface area contributed by atoms with Gasteiger partial charge in [-0.2, -0.15) is 0 Å². The second-order valence-electron chi connectivity index (χ2n) is 3.68. The van der Waals surface area contributed by atoms with Gasteiger partial charge in [-0.3, -0.25) is 0 Å². The molecule has 0 aliphatic carbocycles. The standard InChI is InChI=1S/C11H11FN4O2/c1-16-6-14-15-9(16)5-13-8-4-2-3-7(12)10(8)11(17)18/h2-4,6,13H,5H2,1H3,(H,17,18). The van der Waals surface area contributed by atoms with Gasteiger partial charge >= 0.3 is 5.97 Å². The quantitative estimate of drug-likeness (QED) is 0.854. The number of carbonyl (C=O) groups is 1. The number of anilines is 1. The SMILES string of the molecule is Cn1cnnc1CNc1cccc(F)c1C(=O)O. The number of nitrogens with one attached hydrogen (secondary N) is 1. The van der Waals surface area contributed by atoms with Crippen LogP contribution in [0.1, 0.15) is 16.2 Å². The predicted molar refractivity (Wildman–Crippen MR) is 61.7 cm³/mol. The number of nitrogens with zero attached hydrogens (tertiary/aromatic N) is 3. The van der Waals surface area contributed by atoms with E-state index in [1.165, 1.54) is 18.5 Å². The van der Waals surface area contributed by atoms with Crippen LogP contribution in [0.2, 0.25) is 0 Å². The zero-order chi connectivity index (χ0) is 13.1. The Morgan fingerprint density at radius 1 is 1.56 bits per heavy atom. The van der Waals surface area contributed by atoms with Gasteiger partial charge in [0.1, 0.15) is 17.7 Å². The zero-order valence-electron chi connectivity index (χ0n) is 9.59. The largest absolute Gasteiger partial charge is 0.478 e. The van der Waals surface area contributed by atoms with E-state index < -0.39 is 11.8 Å². The maximum Gasteiger partial charge on any atom is 0.340 e. The van der Waals surface area contributed by atoms with Crippen LogP contribution in [0.25, 0.3) is 0 Å². The van der Waals surface area contributed by atoms with Crippen LogP contribution in [0.3, 0.4) is 0 Å². The molecule has 0 saturated carbocycles. The summed E-state index contributed by atoms with van der Waals surface area (Å²) in [4.78, 5) is 11.0. The summed E-state index contributed by atoms with van der Waals surface area (Å²) in [5.41, 5.74) is -0.162. The van der Waals surface area contributed by atoms with Crippen molar-refractivity contribution in [1.82, 2.24) is 14.8 Å². The summed E-state index contributed by atoms with van der Waals surface area (Å²) in [7, 11) is 1.76. The third-order valence-corrected chi connectivity index (χ3v) is 2.47. The highest BCUT2D eigenvalue weighted by atomic mass is 19.1. The van der Waals surface area contributed by atoms with E-state index in [1.54, 1.807) is 11.6 Å². The van der Waals surface area contributed by atoms with Gasteiger partial charge in [0.15, 0.2) is 5.82 Å². The summed E-state index contributed by atoms with van der Waals surface area (Å²) in [6.45, 7) is 0.264. The molecule has 0 saturated heterocycles. The van der Waals surface area contributed by atoms with Crippen LogP contribution >= 0.6 is 0 Å². The number of hydrogen-bond acceptors (Lipinski definition) is 4. The molecule has 0 spiro atoms. The molecule has 1 heterocycles. The fourth-order valence-corrected chi connectivity index (χ4v) is 1.53. The summed E-state index contributed by atoms with van der Waals surface area (Å²) >= 11 is 0. The number of carboxylic acid groups (broad SMARTS) is 1. The first-order valence-corrected chi connectivity index (χ1v) is 5.18. The number of aromatic nitrogens is 3. The van der Waals surface area contributed by atoms with Crippen LogP contribution in [0.5, 0.6) is 0 Å². The molecule has 1 aromatic heterocycles. The summed E-state index contributed by atoms with van der Waals surface area (Å²) < 4.78 is 15.1. The molecule has 2 rings (SSSR count). The van der Waals surface area contributed by atoms with E-state index in [0.29, 0.717) is 5.82 Å². The van der Waals surface area contributed by atoms with E-state index in [2.05, 4.69) is 15.5 Å². The molecule has 1 aromatic carbocycles. The summed E-state index contributed by atoms with van der Waals surface area (Å²) in [6.07, 6.45) is 1.53. The minimum absolute atomic E-state index is 0.213. The third kappa shape index (κ3) is 2.29. The van der Waals surface area contributed by atoms with Gasteiger partial charge < -0.3 is 15.0 Å². The van der Waals surface area contributed by atoms with Crippen molar-refractivity contribution in [2.24, 2.45) is 7.05 Å². The van der Waals surface area contributed by atoms with Crippen molar-refractivity contribution >= 4 is 11.7 Å². The molecule has 94 valence electrons. The number of benzene rings is 1. The molecule has 0 unspecified atom stereocenters. The molecular formula is C11H11FN4O2. The van der Waals surface area contributed by atoms with Crippen LogP contribution in [0, 0.1) is 5.82 Å². The monoisotopic (exact) mass is 250 g/mol. The second-order valence-corrected chi connectivity index (χ2v) is 3.68. The minimum Gasteiger partial charge on any atom is -0.478 e. The summed E-state index contributed by atoms with van der Waals surface area (Å²) in [6, 6.07) is 4.06. The van der Waals surface area contributed by atoms with E-state index in [9.17, 15) is 9.18 Å². The van der Waals surface area contributed by atoms with Crippen molar-refractivity contribution in [3.63, 3.8) is 0 Å². The third-order valence-electron chi connectivity index (χ3n) is 2.47. The predicted octanol–water partition coefficient (Wildman–Crippen LogP) is 1.26. The van der Waals surface area contributed by atoms with Gasteiger partial charge in [0.2, 0.25) is 0 Å². The Morgan fingerprint density at radius 3 is 2.94 bits per heavy atom. The van der Waals surface area contributed by atoms with Gasteiger partial charge in [-0.15, -0.1) is 10.2 Å². The van der Waals surface area contributed by atoms with Gasteiger partial charge in [-0.1, -0.05) is 6.07 Å². The molecule has 0 aliphatic heterocycles. The van der Waals surface area contributed by atoms with Crippen molar-refractivity contribution < 1.29 is 14.3 Å². The van der Waals surface area contributed by atoms with E-state index in [4.69, 9.17) is 5.11 Å². The van der Waals surface area contributed by atoms with Crippen molar-refractivity contribution in [1.29, 1.82) is 0 Å². The normalized spacial score (nSPS) is 10.3. The Balaban J connectivity index is 2.22. The van der Waals surface area contributed by atoms with Crippen LogP contribution < -0.4 is 5.32 Å². The molecule has 2 N–H and O–H groups in total. The first-order valence-electron chi connectivity index (χ1n) is 5.18. The molecule has 18 heavy (non-hydrogen) atoms. The Morgan fingerprint density at radius 2 is 2.33 bits per heavy atom. The maximum absolute atomic E-state index is 13.4. The van der Waals surface area contributed by atoms with Crippen molar-refractivity contribution in [2.45, 2.75) is 6.54 Å². The Bertz CT molecular complexity index is 582. The Kier molecular flexibility index (Phi) is 3.22. The molecule has 2 aromatic rings. The molecule has 6 nitrogen and oxygen atoms in total. The lowest BCUT2D eigenvalue weighted by atomic mass is 10.1. The van der Waals surface area contributed by atoms with Crippen molar-refractivity contribution in [3.05, 3.63) is 41.7 Å². The number of aromatic carboxylic acids is 1. The van der Waals surface area contributed by atoms with E-state index in [0.717, 1.165) is 6.07 Å². The van der Waals surface area contributed by atoms with Crippen LogP contribution in [0.15, 0.2) is 24.5 Å². The summed E-state index contributed by atoms with van der Waals surface area (Å²) in [5, 5.41) is 19.3. The number of rotatable bonds is 4. The van der Waals surface area contributed by atoms with Gasteiger partial charge in [0.05, 0.1) is 12.2 Å². The molecule has 0 radical (unpaired) electrons. The number of carboxylic acids is 1. The summed E-state index contributed by atoms with van der Waals surface area (Å²) in [5.74, 6) is -1.46. The Labute approximate surface area is 102 Å². The lowest BCUT2D eigenvalue weighted by molar-refractivity contribution is 0.0693. The van der Waals surface area contributed by atoms with Crippen molar-refractivity contribution in [2.75, 3.05) is 5.32 Å². The zero-order valence-corrected chi connectivity index (χ0v) is 9.59. The highest BCUT2D eigenvalue weighted by Crippen LogP contribution is 2.19. The molecule has 0 bridgehead atoms. The van der Waals surface area contributed by atoms with Gasteiger partial charge in [-0.25, -0.2) is 9.18 Å². The van der Waals surface area contributed by atoms with Gasteiger partial charge in [-0.05, 0) is 12.1 Å². The fourth-order valence-electron chi connectivity index (χ4n) is 1.53. The Hall–Kier alpha value is -2.44. The first kappa shape index (κ1) is 12.0. The van der Waals surface area contributed by atoms with Crippen molar-refractivity contribution in [3.8, 4) is 0 Å². The van der Waals surface area contributed by atoms with Crippen LogP contribution in [0.4, 0.5) is 10.1 Å². The molecule has 0 amide bonds. The molecular weight excluding hydrogens is 239 g/mol. The lowest BCUT2D eigenvalue weighted by Gasteiger charge is -2.09. The van der Waals surface area contributed by atoms with Gasteiger partial charge in [0.25, 0.3) is 0 Å². The van der Waals surface area contributed by atoms with Crippen LogP contribution in [-0.4, -0.2) is 25.8 Å². The van der Waals surface area contributed by atoms with Crippen LogP contribution in [-0.2, 0) is 13.6 Å². The molecule has 0 aliphatic rings. The maximum atomic E-state index is 13.4. The average molecular weight is 250 g/mol. The molecule has 7 heteroatoms. The second kappa shape index (κ2) is 4.82. The van der Waals surface area contributed by atoms with E-state index in [-0.39, 0.29) is 17.8 Å². The molecule has 0 fully saturated rings. The van der Waals surface area contributed by atoms with Gasteiger partial charge in [0, 0.05) is 7.05 Å². The fraction of sp³-hybridized carbons (Fsp3) is 0.182. The van der Waals surface area contributed by atoms with E-state index in [1.807, 2.05) is 0 Å². The highest BCUT2D eigenvalue weighted by molar-refractivity contribution is 5.94.